The van der Waals surface area contributed by atoms with Crippen molar-refractivity contribution in [2.24, 2.45) is 5.73 Å². The van der Waals surface area contributed by atoms with Crippen molar-refractivity contribution >= 4 is 38.8 Å². The minimum atomic E-state index is 0.304. The van der Waals surface area contributed by atoms with Crippen LogP contribution in [0.2, 0.25) is 0 Å². The summed E-state index contributed by atoms with van der Waals surface area (Å²) in [4.78, 5) is 2.71. The first-order chi connectivity index (χ1) is 8.11. The number of nitrogens with zero attached hydrogens (tertiary/aromatic N) is 1. The molecule has 1 aliphatic heterocycles. The smallest absolute Gasteiger partial charge is 0.106 e. The van der Waals surface area contributed by atoms with Crippen molar-refractivity contribution in [2.45, 2.75) is 12.5 Å². The molecule has 2 rings (SSSR count). The van der Waals surface area contributed by atoms with Gasteiger partial charge in [-0.15, -0.1) is 0 Å². The lowest BCUT2D eigenvalue weighted by Crippen LogP contribution is -2.25. The fourth-order valence-corrected chi connectivity index (χ4v) is 2.65. The average Bonchev–Trinajstić information content (AvgIpc) is 2.77. The number of nitrogens with two attached hydrogens (primary N) is 1. The molecule has 2 N–H and O–H groups in total. The van der Waals surface area contributed by atoms with E-state index in [0.29, 0.717) is 11.1 Å². The third-order valence-corrected chi connectivity index (χ3v) is 3.76. The molecule has 1 heterocycles. The Morgan fingerprint density at radius 2 is 2.35 bits per heavy atom. The highest BCUT2D eigenvalue weighted by molar-refractivity contribution is 9.10. The first-order valence-electron chi connectivity index (χ1n) is 5.49. The summed E-state index contributed by atoms with van der Waals surface area (Å²) in [5.41, 5.74) is 7.79. The van der Waals surface area contributed by atoms with Crippen LogP contribution < -0.4 is 10.6 Å². The summed E-state index contributed by atoms with van der Waals surface area (Å²) in [5.74, 6) is 0. The number of halogens is 1. The molecule has 1 aliphatic rings. The Balaban J connectivity index is 2.29. The van der Waals surface area contributed by atoms with Gasteiger partial charge in [0.2, 0.25) is 0 Å². The molecule has 1 unspecified atom stereocenters. The van der Waals surface area contributed by atoms with Crippen LogP contribution in [0.25, 0.3) is 0 Å². The van der Waals surface area contributed by atoms with Crippen LogP contribution in [0.4, 0.5) is 5.69 Å². The number of benzene rings is 1. The van der Waals surface area contributed by atoms with Gasteiger partial charge in [-0.25, -0.2) is 0 Å². The third kappa shape index (κ3) is 2.78. The predicted molar refractivity (Wildman–Crippen MR) is 77.7 cm³/mol. The quantitative estimate of drug-likeness (QED) is 0.869. The second kappa shape index (κ2) is 5.33. The molecule has 0 bridgehead atoms. The summed E-state index contributed by atoms with van der Waals surface area (Å²) in [6.45, 7) is 1.88. The molecule has 0 amide bonds. The molecule has 1 saturated heterocycles. The molecule has 1 fully saturated rings. The van der Waals surface area contributed by atoms with Crippen LogP contribution in [-0.2, 0) is 4.74 Å². The number of hydrogen-bond donors (Lipinski definition) is 1. The van der Waals surface area contributed by atoms with E-state index in [1.165, 1.54) is 0 Å². The van der Waals surface area contributed by atoms with Crippen molar-refractivity contribution in [3.05, 3.63) is 28.2 Å². The number of methoxy groups -OCH3 is 1. The highest BCUT2D eigenvalue weighted by Crippen LogP contribution is 2.28. The average molecular weight is 315 g/mol. The molecule has 0 spiro atoms. The number of thiocarbonyl (C=S) groups is 1. The lowest BCUT2D eigenvalue weighted by Gasteiger charge is -2.21. The lowest BCUT2D eigenvalue weighted by atomic mass is 10.1. The van der Waals surface area contributed by atoms with E-state index in [2.05, 4.69) is 26.9 Å². The van der Waals surface area contributed by atoms with Gasteiger partial charge in [-0.3, -0.25) is 0 Å². The van der Waals surface area contributed by atoms with E-state index in [1.54, 1.807) is 7.11 Å². The number of anilines is 1. The standard InChI is InChI=1S/C12H15BrN2OS/c1-16-9-4-5-15(7-9)11-3-2-8(13)6-10(11)12(14)17/h2-3,6,9H,4-5,7H2,1H3,(H2,14,17). The van der Waals surface area contributed by atoms with E-state index in [4.69, 9.17) is 22.7 Å². The molecule has 17 heavy (non-hydrogen) atoms. The topological polar surface area (TPSA) is 38.5 Å². The minimum Gasteiger partial charge on any atom is -0.389 e. The van der Waals surface area contributed by atoms with Gasteiger partial charge in [-0.05, 0) is 24.6 Å². The highest BCUT2D eigenvalue weighted by Gasteiger charge is 2.24. The van der Waals surface area contributed by atoms with Crippen LogP contribution in [0.1, 0.15) is 12.0 Å². The van der Waals surface area contributed by atoms with Crippen molar-refractivity contribution in [3.8, 4) is 0 Å². The van der Waals surface area contributed by atoms with E-state index in [-0.39, 0.29) is 0 Å². The second-order valence-corrected chi connectivity index (χ2v) is 5.47. The summed E-state index contributed by atoms with van der Waals surface area (Å²) in [6, 6.07) is 6.03. The monoisotopic (exact) mass is 314 g/mol. The van der Waals surface area contributed by atoms with E-state index < -0.39 is 0 Å². The Labute approximate surface area is 115 Å². The molecule has 92 valence electrons. The van der Waals surface area contributed by atoms with Crippen LogP contribution in [-0.4, -0.2) is 31.3 Å². The Kier molecular flexibility index (Phi) is 4.01. The van der Waals surface area contributed by atoms with Crippen LogP contribution >= 0.6 is 28.1 Å². The van der Waals surface area contributed by atoms with Crippen LogP contribution in [0.5, 0.6) is 0 Å². The van der Waals surface area contributed by atoms with Crippen molar-refractivity contribution < 1.29 is 4.74 Å². The van der Waals surface area contributed by atoms with Crippen LogP contribution in [0.3, 0.4) is 0 Å². The maximum atomic E-state index is 5.77. The second-order valence-electron chi connectivity index (χ2n) is 4.12. The summed E-state index contributed by atoms with van der Waals surface area (Å²) < 4.78 is 6.36. The van der Waals surface area contributed by atoms with Gasteiger partial charge in [0.25, 0.3) is 0 Å². The summed E-state index contributed by atoms with van der Waals surface area (Å²) in [5, 5.41) is 0. The van der Waals surface area contributed by atoms with Gasteiger partial charge in [0.1, 0.15) is 4.99 Å². The van der Waals surface area contributed by atoms with E-state index in [0.717, 1.165) is 35.2 Å². The fourth-order valence-electron chi connectivity index (χ4n) is 2.12. The van der Waals surface area contributed by atoms with Crippen molar-refractivity contribution in [3.63, 3.8) is 0 Å². The van der Waals surface area contributed by atoms with Crippen molar-refractivity contribution in [1.82, 2.24) is 0 Å². The fraction of sp³-hybridized carbons (Fsp3) is 0.417. The van der Waals surface area contributed by atoms with Gasteiger partial charge in [0.05, 0.1) is 6.10 Å². The van der Waals surface area contributed by atoms with Gasteiger partial charge < -0.3 is 15.4 Å². The molecule has 3 nitrogen and oxygen atoms in total. The maximum Gasteiger partial charge on any atom is 0.106 e. The normalized spacial score (nSPS) is 19.6. The molecule has 0 saturated carbocycles. The Bertz CT molecular complexity index is 439. The van der Waals surface area contributed by atoms with Gasteiger partial charge >= 0.3 is 0 Å². The van der Waals surface area contributed by atoms with Crippen molar-refractivity contribution in [1.29, 1.82) is 0 Å². The zero-order valence-electron chi connectivity index (χ0n) is 9.65. The number of hydrogen-bond acceptors (Lipinski definition) is 3. The SMILES string of the molecule is COC1CCN(c2ccc(Br)cc2C(N)=S)C1. The third-order valence-electron chi connectivity index (χ3n) is 3.04. The van der Waals surface area contributed by atoms with E-state index in [9.17, 15) is 0 Å². The minimum absolute atomic E-state index is 0.304. The van der Waals surface area contributed by atoms with Crippen molar-refractivity contribution in [2.75, 3.05) is 25.1 Å². The van der Waals surface area contributed by atoms with Gasteiger partial charge in [-0.2, -0.15) is 0 Å². The largest absolute Gasteiger partial charge is 0.389 e. The Hall–Kier alpha value is -0.650. The molecule has 0 radical (unpaired) electrons. The molecular formula is C12H15BrN2OS. The molecular weight excluding hydrogens is 300 g/mol. The van der Waals surface area contributed by atoms with Crippen LogP contribution in [0.15, 0.2) is 22.7 Å². The summed E-state index contributed by atoms with van der Waals surface area (Å²) >= 11 is 8.54. The summed E-state index contributed by atoms with van der Waals surface area (Å²) in [6.07, 6.45) is 1.35. The van der Waals surface area contributed by atoms with Gasteiger partial charge in [-0.1, -0.05) is 28.1 Å². The van der Waals surface area contributed by atoms with Gasteiger partial charge in [0, 0.05) is 35.9 Å². The van der Waals surface area contributed by atoms with E-state index in [1.807, 2.05) is 12.1 Å². The molecule has 0 aromatic heterocycles. The zero-order chi connectivity index (χ0) is 12.4. The Morgan fingerprint density at radius 1 is 1.59 bits per heavy atom. The Morgan fingerprint density at radius 3 is 2.94 bits per heavy atom. The molecule has 0 aliphatic carbocycles. The number of ether oxygens (including phenoxy) is 1. The first-order valence-corrected chi connectivity index (χ1v) is 6.69. The molecule has 5 heteroatoms. The van der Waals surface area contributed by atoms with E-state index >= 15 is 0 Å². The van der Waals surface area contributed by atoms with Crippen LogP contribution in [0, 0.1) is 0 Å². The first kappa shape index (κ1) is 12.8. The van der Waals surface area contributed by atoms with Gasteiger partial charge in [0.15, 0.2) is 0 Å². The summed E-state index contributed by atoms with van der Waals surface area (Å²) in [7, 11) is 1.75. The molecule has 1 atom stereocenters. The maximum absolute atomic E-state index is 5.77. The number of rotatable bonds is 3. The predicted octanol–water partition coefficient (Wildman–Crippen LogP) is 2.31. The lowest BCUT2D eigenvalue weighted by molar-refractivity contribution is 0.121. The molecule has 1 aromatic rings. The highest BCUT2D eigenvalue weighted by atomic mass is 79.9. The zero-order valence-corrected chi connectivity index (χ0v) is 12.1. The molecule has 1 aromatic carbocycles.